The quantitative estimate of drug-likeness (QED) is 0.547. The van der Waals surface area contributed by atoms with Crippen LogP contribution >= 0.6 is 0 Å². The molecule has 0 radical (unpaired) electrons. The lowest BCUT2D eigenvalue weighted by Gasteiger charge is -2.32. The van der Waals surface area contributed by atoms with Crippen LogP contribution in [-0.4, -0.2) is 45.1 Å². The summed E-state index contributed by atoms with van der Waals surface area (Å²) >= 11 is 0. The topological polar surface area (TPSA) is 115 Å². The van der Waals surface area contributed by atoms with Crippen LogP contribution in [0.4, 0.5) is 9.59 Å². The van der Waals surface area contributed by atoms with Gasteiger partial charge in [-0.05, 0) is 0 Å². The number of aromatic nitrogens is 2. The lowest BCUT2D eigenvalue weighted by atomic mass is 10.5. The van der Waals surface area contributed by atoms with E-state index in [2.05, 4.69) is 4.42 Å². The molecular formula is C9H12N4O6. The first-order valence-corrected chi connectivity index (χ1v) is 5.01. The third kappa shape index (κ3) is 2.46. The molecule has 1 saturated heterocycles. The van der Waals surface area contributed by atoms with Gasteiger partial charge in [0.25, 0.3) is 0 Å². The van der Waals surface area contributed by atoms with Crippen molar-refractivity contribution in [3.8, 4) is 0 Å². The molecule has 0 bridgehead atoms. The number of hydrogen-bond donors (Lipinski definition) is 0. The minimum atomic E-state index is -0.946. The number of hydrogen-bond acceptors (Lipinski definition) is 6. The van der Waals surface area contributed by atoms with Gasteiger partial charge >= 0.3 is 29.3 Å². The van der Waals surface area contributed by atoms with Gasteiger partial charge in [-0.3, -0.25) is 0 Å². The predicted molar refractivity (Wildman–Crippen MR) is 61.8 cm³/mol. The van der Waals surface area contributed by atoms with Crippen molar-refractivity contribution in [3.05, 3.63) is 31.6 Å². The highest BCUT2D eigenvalue weighted by atomic mass is 16.5. The van der Waals surface area contributed by atoms with E-state index in [1.165, 1.54) is 28.2 Å². The van der Waals surface area contributed by atoms with E-state index in [4.69, 9.17) is 0 Å². The van der Waals surface area contributed by atoms with Crippen LogP contribution in [0.2, 0.25) is 0 Å². The fourth-order valence-corrected chi connectivity index (χ4v) is 1.16. The van der Waals surface area contributed by atoms with E-state index in [1.807, 2.05) is 0 Å². The molecule has 0 unspecified atom stereocenters. The van der Waals surface area contributed by atoms with E-state index in [1.54, 1.807) is 0 Å². The Morgan fingerprint density at radius 2 is 1.00 bits per heavy atom. The maximum Gasteiger partial charge on any atom is 0.426 e. The van der Waals surface area contributed by atoms with Crippen molar-refractivity contribution in [3.63, 3.8) is 0 Å². The Labute approximate surface area is 106 Å². The Morgan fingerprint density at radius 1 is 0.684 bits per heavy atom. The summed E-state index contributed by atoms with van der Waals surface area (Å²) in [4.78, 5) is 55.0. The first-order valence-electron chi connectivity index (χ1n) is 5.01. The molecule has 10 heteroatoms. The van der Waals surface area contributed by atoms with E-state index in [9.17, 15) is 24.0 Å². The van der Waals surface area contributed by atoms with Gasteiger partial charge in [-0.15, -0.1) is 0 Å². The Balaban J connectivity index is 0.000000200. The van der Waals surface area contributed by atoms with Crippen molar-refractivity contribution in [2.24, 2.45) is 14.1 Å². The molecule has 0 saturated carbocycles. The summed E-state index contributed by atoms with van der Waals surface area (Å²) in [5.41, 5.74) is -0.689. The molecule has 0 N–H and O–H groups in total. The van der Waals surface area contributed by atoms with Crippen LogP contribution in [0, 0.1) is 0 Å². The molecule has 19 heavy (non-hydrogen) atoms. The van der Waals surface area contributed by atoms with E-state index in [0.717, 1.165) is 9.80 Å². The largest absolute Gasteiger partial charge is 0.426 e. The second-order valence-corrected chi connectivity index (χ2v) is 3.72. The average Bonchev–Trinajstić information content (AvgIpc) is 2.41. The van der Waals surface area contributed by atoms with Crippen molar-refractivity contribution >= 4 is 12.1 Å². The van der Waals surface area contributed by atoms with Crippen LogP contribution in [-0.2, 0) is 14.1 Å². The number of nitrogens with zero attached hydrogens (tertiary/aromatic N) is 4. The molecule has 10 nitrogen and oxygen atoms in total. The van der Waals surface area contributed by atoms with Crippen LogP contribution in [0.15, 0.2) is 18.8 Å². The summed E-state index contributed by atoms with van der Waals surface area (Å²) in [6, 6.07) is -0.481. The molecule has 1 aromatic rings. The van der Waals surface area contributed by atoms with Gasteiger partial charge in [0.2, 0.25) is 0 Å². The van der Waals surface area contributed by atoms with E-state index in [0.29, 0.717) is 9.13 Å². The van der Waals surface area contributed by atoms with Crippen molar-refractivity contribution in [1.82, 2.24) is 18.9 Å². The zero-order valence-corrected chi connectivity index (χ0v) is 10.7. The van der Waals surface area contributed by atoms with Gasteiger partial charge in [-0.1, -0.05) is 0 Å². The van der Waals surface area contributed by atoms with Crippen LogP contribution < -0.4 is 17.2 Å². The van der Waals surface area contributed by atoms with Crippen molar-refractivity contribution in [2.45, 2.75) is 0 Å². The first-order chi connectivity index (χ1) is 8.68. The van der Waals surface area contributed by atoms with Crippen LogP contribution in [0.5, 0.6) is 0 Å². The first kappa shape index (κ1) is 14.4. The highest BCUT2D eigenvalue weighted by Gasteiger charge is 2.36. The average molecular weight is 272 g/mol. The summed E-state index contributed by atoms with van der Waals surface area (Å²) in [7, 11) is 5.36. The van der Waals surface area contributed by atoms with Crippen LogP contribution in [0.1, 0.15) is 0 Å². The molecule has 0 atom stereocenters. The second-order valence-electron chi connectivity index (χ2n) is 3.72. The molecular weight excluding hydrogens is 260 g/mol. The van der Waals surface area contributed by atoms with Gasteiger partial charge in [-0.2, -0.15) is 0 Å². The monoisotopic (exact) mass is 272 g/mol. The van der Waals surface area contributed by atoms with Crippen LogP contribution in [0.3, 0.4) is 0 Å². The summed E-state index contributed by atoms with van der Waals surface area (Å²) in [6.07, 6.45) is 0. The fourth-order valence-electron chi connectivity index (χ4n) is 1.16. The van der Waals surface area contributed by atoms with E-state index < -0.39 is 17.2 Å². The van der Waals surface area contributed by atoms with E-state index >= 15 is 0 Å². The van der Waals surface area contributed by atoms with Crippen molar-refractivity contribution < 1.29 is 14.0 Å². The molecule has 2 rings (SSSR count). The summed E-state index contributed by atoms with van der Waals surface area (Å²) < 4.78 is 5.55. The summed E-state index contributed by atoms with van der Waals surface area (Å²) in [5.74, 6) is -1.89. The second kappa shape index (κ2) is 4.92. The van der Waals surface area contributed by atoms with Gasteiger partial charge in [0.05, 0.1) is 0 Å². The zero-order chi connectivity index (χ0) is 14.9. The number of carbonyl (C=O) groups excluding carboxylic acids is 2. The lowest BCUT2D eigenvalue weighted by molar-refractivity contribution is 0.125. The Morgan fingerprint density at radius 3 is 1.26 bits per heavy atom. The number of imide groups is 2. The molecule has 1 aromatic heterocycles. The smallest absolute Gasteiger partial charge is 0.358 e. The third-order valence-corrected chi connectivity index (χ3v) is 2.44. The minimum Gasteiger partial charge on any atom is -0.358 e. The number of carbonyl (C=O) groups is 2. The van der Waals surface area contributed by atoms with Crippen molar-refractivity contribution in [2.75, 3.05) is 14.1 Å². The predicted octanol–water partition coefficient (Wildman–Crippen LogP) is -1.86. The maximum absolute atomic E-state index is 10.9. The van der Waals surface area contributed by atoms with Gasteiger partial charge in [0.1, 0.15) is 0 Å². The molecule has 0 spiro atoms. The fraction of sp³-hybridized carbons (Fsp3) is 0.444. The number of amides is 4. The molecule has 104 valence electrons. The van der Waals surface area contributed by atoms with Gasteiger partial charge < -0.3 is 4.42 Å². The van der Waals surface area contributed by atoms with Crippen molar-refractivity contribution in [1.29, 1.82) is 0 Å². The molecule has 1 fully saturated rings. The molecule has 0 aliphatic carbocycles. The maximum atomic E-state index is 10.9. The van der Waals surface area contributed by atoms with E-state index in [-0.39, 0.29) is 12.1 Å². The molecule has 0 aromatic carbocycles. The SMILES string of the molecule is CN1C(=O)N(C)C1=O.Cn1c(=O)oc(=O)n(C)c1=O. The Bertz CT molecular complexity index is 629. The minimum absolute atomic E-state index is 0.241. The normalized spacial score (nSPS) is 13.9. The number of urea groups is 2. The third-order valence-electron chi connectivity index (χ3n) is 2.44. The highest BCUT2D eigenvalue weighted by Crippen LogP contribution is 2.08. The summed E-state index contributed by atoms with van der Waals surface area (Å²) in [6.45, 7) is 0. The molecule has 1 aliphatic rings. The van der Waals surface area contributed by atoms with Gasteiger partial charge in [-0.25, -0.2) is 42.9 Å². The summed E-state index contributed by atoms with van der Waals surface area (Å²) in [5, 5.41) is 0. The standard InChI is InChI=1S/C5H6N2O4.C4H6N2O2/c1-6-3(8)7(2)5(10)11-4(6)9;1-5-3(7)6(2)4(5)8/h1-2H3;1-2H3. The highest BCUT2D eigenvalue weighted by molar-refractivity contribution is 6.11. The van der Waals surface area contributed by atoms with Gasteiger partial charge in [0.15, 0.2) is 0 Å². The molecule has 4 amide bonds. The Kier molecular flexibility index (Phi) is 3.73. The Hall–Kier alpha value is -2.65. The molecule has 2 heterocycles. The van der Waals surface area contributed by atoms with Crippen LogP contribution in [0.25, 0.3) is 0 Å². The lowest BCUT2D eigenvalue weighted by Crippen LogP contribution is -2.59. The van der Waals surface area contributed by atoms with Gasteiger partial charge in [0, 0.05) is 28.2 Å². The molecule has 1 aliphatic heterocycles. The number of rotatable bonds is 0. The zero-order valence-electron chi connectivity index (χ0n) is 10.7.